The molecule has 0 saturated carbocycles. The molecule has 1 aliphatic rings. The van der Waals surface area contributed by atoms with E-state index in [9.17, 15) is 0 Å². The molecule has 0 aromatic heterocycles. The summed E-state index contributed by atoms with van der Waals surface area (Å²) in [4.78, 5) is 2.60. The lowest BCUT2D eigenvalue weighted by Crippen LogP contribution is -2.42. The van der Waals surface area contributed by atoms with Crippen LogP contribution >= 0.6 is 0 Å². The van der Waals surface area contributed by atoms with Gasteiger partial charge in [0.15, 0.2) is 0 Å². The van der Waals surface area contributed by atoms with E-state index >= 15 is 0 Å². The molecule has 2 unspecified atom stereocenters. The molecule has 1 aliphatic heterocycles. The zero-order chi connectivity index (χ0) is 14.4. The fourth-order valence-corrected chi connectivity index (χ4v) is 3.40. The monoisotopic (exact) mass is 276 g/mol. The molecule has 0 amide bonds. The van der Waals surface area contributed by atoms with Crippen molar-refractivity contribution in [3.63, 3.8) is 0 Å². The van der Waals surface area contributed by atoms with Crippen LogP contribution in [-0.4, -0.2) is 31.1 Å². The van der Waals surface area contributed by atoms with Gasteiger partial charge in [-0.25, -0.2) is 0 Å². The number of hydrogen-bond donors (Lipinski definition) is 1. The summed E-state index contributed by atoms with van der Waals surface area (Å²) in [5, 5.41) is 0. The SMILES string of the molecule is CCCN1CCCC(CN)C1c1ccccc1OCC. The number of piperidine rings is 1. The van der Waals surface area contributed by atoms with Crippen LogP contribution in [0.15, 0.2) is 24.3 Å². The number of rotatable bonds is 6. The molecule has 2 rings (SSSR count). The Balaban J connectivity index is 2.32. The van der Waals surface area contributed by atoms with Crippen LogP contribution < -0.4 is 10.5 Å². The van der Waals surface area contributed by atoms with E-state index in [4.69, 9.17) is 10.5 Å². The molecule has 3 heteroatoms. The number of likely N-dealkylation sites (tertiary alicyclic amines) is 1. The van der Waals surface area contributed by atoms with E-state index in [0.29, 0.717) is 18.6 Å². The molecular weight excluding hydrogens is 248 g/mol. The lowest BCUT2D eigenvalue weighted by Gasteiger charge is -2.41. The van der Waals surface area contributed by atoms with Gasteiger partial charge < -0.3 is 10.5 Å². The molecule has 3 nitrogen and oxygen atoms in total. The van der Waals surface area contributed by atoms with E-state index < -0.39 is 0 Å². The number of hydrogen-bond acceptors (Lipinski definition) is 3. The molecule has 0 radical (unpaired) electrons. The summed E-state index contributed by atoms with van der Waals surface area (Å²) in [7, 11) is 0. The Bertz CT molecular complexity index is 406. The van der Waals surface area contributed by atoms with E-state index in [1.54, 1.807) is 0 Å². The summed E-state index contributed by atoms with van der Waals surface area (Å²) in [5.41, 5.74) is 7.36. The van der Waals surface area contributed by atoms with Crippen molar-refractivity contribution < 1.29 is 4.74 Å². The van der Waals surface area contributed by atoms with Crippen LogP contribution in [0.25, 0.3) is 0 Å². The minimum absolute atomic E-state index is 0.413. The molecule has 1 saturated heterocycles. The quantitative estimate of drug-likeness (QED) is 0.867. The van der Waals surface area contributed by atoms with E-state index in [-0.39, 0.29) is 0 Å². The lowest BCUT2D eigenvalue weighted by atomic mass is 9.84. The van der Waals surface area contributed by atoms with Gasteiger partial charge in [-0.2, -0.15) is 0 Å². The third-order valence-corrected chi connectivity index (χ3v) is 4.21. The first kappa shape index (κ1) is 15.3. The van der Waals surface area contributed by atoms with Gasteiger partial charge in [0.05, 0.1) is 6.61 Å². The van der Waals surface area contributed by atoms with Crippen LogP contribution in [-0.2, 0) is 0 Å². The Labute approximate surface area is 123 Å². The maximum Gasteiger partial charge on any atom is 0.124 e. The maximum atomic E-state index is 6.05. The first-order valence-corrected chi connectivity index (χ1v) is 7.97. The zero-order valence-electron chi connectivity index (χ0n) is 12.8. The zero-order valence-corrected chi connectivity index (χ0v) is 12.8. The number of nitrogens with zero attached hydrogens (tertiary/aromatic N) is 1. The minimum Gasteiger partial charge on any atom is -0.494 e. The molecule has 0 spiro atoms. The molecule has 1 heterocycles. The van der Waals surface area contributed by atoms with E-state index in [0.717, 1.165) is 18.8 Å². The molecule has 20 heavy (non-hydrogen) atoms. The van der Waals surface area contributed by atoms with Crippen molar-refractivity contribution >= 4 is 0 Å². The first-order valence-electron chi connectivity index (χ1n) is 7.97. The van der Waals surface area contributed by atoms with Crippen molar-refractivity contribution in [2.24, 2.45) is 11.7 Å². The van der Waals surface area contributed by atoms with Crippen molar-refractivity contribution in [3.8, 4) is 5.75 Å². The summed E-state index contributed by atoms with van der Waals surface area (Å²) in [6, 6.07) is 8.89. The number of ether oxygens (including phenoxy) is 1. The highest BCUT2D eigenvalue weighted by atomic mass is 16.5. The van der Waals surface area contributed by atoms with Crippen molar-refractivity contribution in [1.82, 2.24) is 4.90 Å². The highest BCUT2D eigenvalue weighted by molar-refractivity contribution is 5.36. The predicted molar refractivity (Wildman–Crippen MR) is 84.0 cm³/mol. The topological polar surface area (TPSA) is 38.5 Å². The second-order valence-corrected chi connectivity index (χ2v) is 5.59. The number of para-hydroxylation sites is 1. The van der Waals surface area contributed by atoms with Crippen molar-refractivity contribution in [2.45, 2.75) is 39.2 Å². The Hall–Kier alpha value is -1.06. The fourth-order valence-electron chi connectivity index (χ4n) is 3.40. The second kappa shape index (κ2) is 7.65. The molecule has 0 bridgehead atoms. The van der Waals surface area contributed by atoms with Crippen molar-refractivity contribution in [3.05, 3.63) is 29.8 Å². The smallest absolute Gasteiger partial charge is 0.124 e. The normalized spacial score (nSPS) is 23.8. The molecule has 1 aromatic rings. The summed E-state index contributed by atoms with van der Waals surface area (Å²) >= 11 is 0. The Morgan fingerprint density at radius 2 is 2.10 bits per heavy atom. The second-order valence-electron chi connectivity index (χ2n) is 5.59. The summed E-state index contributed by atoms with van der Waals surface area (Å²) in [6.07, 6.45) is 3.67. The largest absolute Gasteiger partial charge is 0.494 e. The summed E-state index contributed by atoms with van der Waals surface area (Å²) in [6.45, 7) is 8.08. The lowest BCUT2D eigenvalue weighted by molar-refractivity contribution is 0.0934. The van der Waals surface area contributed by atoms with Crippen LogP contribution in [0.4, 0.5) is 0 Å². The van der Waals surface area contributed by atoms with Gasteiger partial charge in [-0.15, -0.1) is 0 Å². The molecule has 112 valence electrons. The minimum atomic E-state index is 0.413. The van der Waals surface area contributed by atoms with Crippen LogP contribution in [0.5, 0.6) is 5.75 Å². The van der Waals surface area contributed by atoms with E-state index in [2.05, 4.69) is 36.1 Å². The van der Waals surface area contributed by atoms with Crippen molar-refractivity contribution in [1.29, 1.82) is 0 Å². The number of benzene rings is 1. The average molecular weight is 276 g/mol. The van der Waals surface area contributed by atoms with Gasteiger partial charge in [-0.3, -0.25) is 4.90 Å². The third kappa shape index (κ3) is 3.33. The van der Waals surface area contributed by atoms with Gasteiger partial charge in [-0.1, -0.05) is 25.1 Å². The molecule has 1 aromatic carbocycles. The van der Waals surface area contributed by atoms with Crippen LogP contribution in [0, 0.1) is 5.92 Å². The van der Waals surface area contributed by atoms with E-state index in [1.165, 1.54) is 31.4 Å². The van der Waals surface area contributed by atoms with E-state index in [1.807, 2.05) is 6.92 Å². The van der Waals surface area contributed by atoms with Gasteiger partial charge in [0, 0.05) is 11.6 Å². The summed E-state index contributed by atoms with van der Waals surface area (Å²) < 4.78 is 5.84. The van der Waals surface area contributed by atoms with Gasteiger partial charge in [0.2, 0.25) is 0 Å². The van der Waals surface area contributed by atoms with Gasteiger partial charge in [-0.05, 0) is 57.8 Å². The fraction of sp³-hybridized carbons (Fsp3) is 0.647. The Morgan fingerprint density at radius 3 is 2.80 bits per heavy atom. The van der Waals surface area contributed by atoms with Crippen LogP contribution in [0.1, 0.15) is 44.7 Å². The van der Waals surface area contributed by atoms with Gasteiger partial charge in [0.25, 0.3) is 0 Å². The van der Waals surface area contributed by atoms with Gasteiger partial charge in [0.1, 0.15) is 5.75 Å². The molecule has 0 aliphatic carbocycles. The first-order chi connectivity index (χ1) is 9.81. The third-order valence-electron chi connectivity index (χ3n) is 4.21. The molecule has 1 fully saturated rings. The standard InChI is InChI=1S/C17H28N2O/c1-3-11-19-12-7-8-14(13-18)17(19)15-9-5-6-10-16(15)20-4-2/h5-6,9-10,14,17H,3-4,7-8,11-13,18H2,1-2H3. The molecule has 2 atom stereocenters. The molecule has 2 N–H and O–H groups in total. The number of nitrogens with two attached hydrogens (primary N) is 1. The Morgan fingerprint density at radius 1 is 1.30 bits per heavy atom. The van der Waals surface area contributed by atoms with Crippen LogP contribution in [0.3, 0.4) is 0 Å². The average Bonchev–Trinajstić information content (AvgIpc) is 2.48. The summed E-state index contributed by atoms with van der Waals surface area (Å²) in [5.74, 6) is 1.57. The highest BCUT2D eigenvalue weighted by Gasteiger charge is 2.32. The van der Waals surface area contributed by atoms with Gasteiger partial charge >= 0.3 is 0 Å². The molecular formula is C17H28N2O. The maximum absolute atomic E-state index is 6.05. The van der Waals surface area contributed by atoms with Crippen molar-refractivity contribution in [2.75, 3.05) is 26.2 Å². The predicted octanol–water partition coefficient (Wildman–Crippen LogP) is 3.21. The Kier molecular flexibility index (Phi) is 5.86. The highest BCUT2D eigenvalue weighted by Crippen LogP contribution is 2.39. The van der Waals surface area contributed by atoms with Crippen LogP contribution in [0.2, 0.25) is 0 Å².